The molecule has 0 radical (unpaired) electrons. The van der Waals surface area contributed by atoms with Crippen molar-refractivity contribution in [3.8, 4) is 0 Å². The third kappa shape index (κ3) is 3.04. The second-order valence-electron chi connectivity index (χ2n) is 10.4. The summed E-state index contributed by atoms with van der Waals surface area (Å²) in [5.74, 6) is -0.0171. The maximum absolute atomic E-state index is 9.84. The predicted octanol–water partition coefficient (Wildman–Crippen LogP) is 2.49. The predicted molar refractivity (Wildman–Crippen MR) is 124 cm³/mol. The number of ether oxygens (including phenoxy) is 3. The van der Waals surface area contributed by atoms with Gasteiger partial charge in [0.25, 0.3) is 0 Å². The Morgan fingerprint density at radius 3 is 2.50 bits per heavy atom. The minimum absolute atomic E-state index is 0.164. The molecule has 2 aromatic heterocycles. The number of anilines is 1. The summed E-state index contributed by atoms with van der Waals surface area (Å²) in [6.07, 6.45) is 2.06. The van der Waals surface area contributed by atoms with E-state index in [1.165, 1.54) is 11.1 Å². The molecule has 4 aliphatic rings. The summed E-state index contributed by atoms with van der Waals surface area (Å²) >= 11 is 6.39. The first-order chi connectivity index (χ1) is 16.3. The van der Waals surface area contributed by atoms with Crippen molar-refractivity contribution in [1.29, 1.82) is 0 Å². The molecule has 1 aliphatic carbocycles. The zero-order chi connectivity index (χ0) is 23.2. The fraction of sp³-hybridized carbons (Fsp3) is 0.542. The molecule has 0 bridgehead atoms. The fourth-order valence-corrected chi connectivity index (χ4v) is 6.38. The molecule has 7 rings (SSSR count). The first-order valence-corrected chi connectivity index (χ1v) is 12.1. The van der Waals surface area contributed by atoms with E-state index in [1.807, 2.05) is 18.4 Å². The van der Waals surface area contributed by atoms with Crippen LogP contribution in [-0.2, 0) is 27.1 Å². The highest BCUT2D eigenvalue weighted by Crippen LogP contribution is 2.47. The van der Waals surface area contributed by atoms with Crippen LogP contribution >= 0.6 is 11.6 Å². The molecule has 34 heavy (non-hydrogen) atoms. The third-order valence-electron chi connectivity index (χ3n) is 7.56. The quantitative estimate of drug-likeness (QED) is 0.568. The highest BCUT2D eigenvalue weighted by molar-refractivity contribution is 6.28. The Labute approximate surface area is 201 Å². The van der Waals surface area contributed by atoms with Gasteiger partial charge in [-0.3, -0.25) is 4.57 Å². The molecule has 1 spiro atoms. The van der Waals surface area contributed by atoms with Gasteiger partial charge in [0.05, 0.1) is 12.9 Å². The lowest BCUT2D eigenvalue weighted by Gasteiger charge is -2.49. The van der Waals surface area contributed by atoms with Crippen molar-refractivity contribution in [3.63, 3.8) is 0 Å². The van der Waals surface area contributed by atoms with E-state index in [0.717, 1.165) is 31.7 Å². The molecular weight excluding hydrogens is 458 g/mol. The molecule has 10 heteroatoms. The summed E-state index contributed by atoms with van der Waals surface area (Å²) in [4.78, 5) is 16.0. The number of benzene rings is 1. The lowest BCUT2D eigenvalue weighted by molar-refractivity contribution is -0.199. The van der Waals surface area contributed by atoms with Gasteiger partial charge >= 0.3 is 0 Å². The minimum atomic E-state index is -0.760. The summed E-state index contributed by atoms with van der Waals surface area (Å²) in [6.45, 7) is 5.36. The van der Waals surface area contributed by atoms with Crippen LogP contribution in [-0.4, -0.2) is 68.4 Å². The van der Waals surface area contributed by atoms with Gasteiger partial charge in [-0.25, -0.2) is 4.98 Å². The first-order valence-electron chi connectivity index (χ1n) is 11.7. The molecule has 3 saturated heterocycles. The highest BCUT2D eigenvalue weighted by atomic mass is 35.5. The number of rotatable bonds is 3. The number of aliphatic hydroxyl groups is 1. The first kappa shape index (κ1) is 21.0. The van der Waals surface area contributed by atoms with E-state index in [0.29, 0.717) is 11.2 Å². The molecule has 4 atom stereocenters. The average molecular weight is 484 g/mol. The summed E-state index contributed by atoms with van der Waals surface area (Å²) in [7, 11) is 0. The van der Waals surface area contributed by atoms with Crippen LogP contribution in [0.25, 0.3) is 11.2 Å². The van der Waals surface area contributed by atoms with Crippen LogP contribution < -0.4 is 4.90 Å². The molecule has 9 nitrogen and oxygen atoms in total. The van der Waals surface area contributed by atoms with E-state index >= 15 is 0 Å². The van der Waals surface area contributed by atoms with Gasteiger partial charge in [-0.1, -0.05) is 24.3 Å². The topological polar surface area (TPSA) is 94.8 Å². The molecule has 0 amide bonds. The Kier molecular flexibility index (Phi) is 4.40. The van der Waals surface area contributed by atoms with Gasteiger partial charge in [0.1, 0.15) is 18.3 Å². The van der Waals surface area contributed by atoms with Crippen molar-refractivity contribution in [3.05, 3.63) is 47.0 Å². The molecule has 3 fully saturated rings. The maximum atomic E-state index is 9.84. The Morgan fingerprint density at radius 1 is 1.09 bits per heavy atom. The number of hydrogen-bond donors (Lipinski definition) is 1. The SMILES string of the molecule is CC1(C)OC2[C@@H](O1)[C@@H](CO)O[C@H]2n1cnc2c(N3CC4(Cc5ccccc5C4)C3)nc(Cl)nc21. The van der Waals surface area contributed by atoms with Gasteiger partial charge < -0.3 is 24.2 Å². The Hall–Kier alpha value is -2.30. The number of hydrogen-bond acceptors (Lipinski definition) is 8. The van der Waals surface area contributed by atoms with Gasteiger partial charge in [-0.05, 0) is 49.4 Å². The monoisotopic (exact) mass is 483 g/mol. The van der Waals surface area contributed by atoms with Crippen LogP contribution in [0.3, 0.4) is 0 Å². The number of halogens is 1. The van der Waals surface area contributed by atoms with E-state index in [1.54, 1.807) is 6.33 Å². The number of imidazole rings is 1. The van der Waals surface area contributed by atoms with Crippen LogP contribution in [0.1, 0.15) is 31.2 Å². The second kappa shape index (κ2) is 7.11. The average Bonchev–Trinajstić information content (AvgIpc) is 3.51. The number of aliphatic hydroxyl groups excluding tert-OH is 1. The van der Waals surface area contributed by atoms with E-state index in [-0.39, 0.29) is 23.4 Å². The van der Waals surface area contributed by atoms with Gasteiger partial charge in [0, 0.05) is 18.5 Å². The van der Waals surface area contributed by atoms with Crippen LogP contribution in [0.2, 0.25) is 5.28 Å². The lowest BCUT2D eigenvalue weighted by atomic mass is 9.77. The highest BCUT2D eigenvalue weighted by Gasteiger charge is 2.56. The number of nitrogens with zero attached hydrogens (tertiary/aromatic N) is 5. The number of aromatic nitrogens is 4. The Bertz CT molecular complexity index is 1260. The largest absolute Gasteiger partial charge is 0.394 e. The summed E-state index contributed by atoms with van der Waals surface area (Å²) < 4.78 is 20.1. The van der Waals surface area contributed by atoms with Gasteiger partial charge in [0.15, 0.2) is 29.0 Å². The zero-order valence-electron chi connectivity index (χ0n) is 19.0. The normalized spacial score (nSPS) is 30.6. The van der Waals surface area contributed by atoms with Crippen molar-refractivity contribution < 1.29 is 19.3 Å². The van der Waals surface area contributed by atoms with Crippen molar-refractivity contribution in [2.24, 2.45) is 5.41 Å². The zero-order valence-corrected chi connectivity index (χ0v) is 19.8. The molecule has 1 aromatic carbocycles. The lowest BCUT2D eigenvalue weighted by Crippen LogP contribution is -2.57. The molecule has 0 saturated carbocycles. The Balaban J connectivity index is 1.20. The van der Waals surface area contributed by atoms with Gasteiger partial charge in [-0.2, -0.15) is 9.97 Å². The molecule has 3 aromatic rings. The number of fused-ring (bicyclic) bond motifs is 3. The second-order valence-corrected chi connectivity index (χ2v) is 10.8. The smallest absolute Gasteiger partial charge is 0.226 e. The van der Waals surface area contributed by atoms with Crippen LogP contribution in [0.5, 0.6) is 0 Å². The van der Waals surface area contributed by atoms with Crippen molar-refractivity contribution in [1.82, 2.24) is 19.5 Å². The van der Waals surface area contributed by atoms with E-state index in [4.69, 9.17) is 25.8 Å². The third-order valence-corrected chi connectivity index (χ3v) is 7.73. The van der Waals surface area contributed by atoms with Crippen LogP contribution in [0.15, 0.2) is 30.6 Å². The van der Waals surface area contributed by atoms with Crippen molar-refractivity contribution >= 4 is 28.6 Å². The van der Waals surface area contributed by atoms with Gasteiger partial charge in [-0.15, -0.1) is 0 Å². The summed E-state index contributed by atoms with van der Waals surface area (Å²) in [5, 5.41) is 10.0. The standard InChI is InChI=1S/C24H26ClN5O4/c1-23(2)33-17-15(9-31)32-21(18(17)34-23)30-12-26-16-19(27-22(25)28-20(16)30)29-10-24(11-29)7-13-5-3-4-6-14(13)8-24/h3-6,12,15,17-18,21,31H,7-11H2,1-2H3/t15-,17+,18?,21-/m1/s1. The minimum Gasteiger partial charge on any atom is -0.394 e. The molecule has 3 aliphatic heterocycles. The summed E-state index contributed by atoms with van der Waals surface area (Å²) in [6, 6.07) is 8.70. The van der Waals surface area contributed by atoms with Crippen molar-refractivity contribution in [2.45, 2.75) is 57.0 Å². The Morgan fingerprint density at radius 2 is 1.79 bits per heavy atom. The fourth-order valence-electron chi connectivity index (χ4n) is 6.22. The molecule has 1 unspecified atom stereocenters. The van der Waals surface area contributed by atoms with Crippen molar-refractivity contribution in [2.75, 3.05) is 24.6 Å². The molecular formula is C24H26ClN5O4. The van der Waals surface area contributed by atoms with E-state index in [2.05, 4.69) is 44.1 Å². The molecule has 5 heterocycles. The molecule has 1 N–H and O–H groups in total. The van der Waals surface area contributed by atoms with Gasteiger partial charge in [0.2, 0.25) is 5.28 Å². The van der Waals surface area contributed by atoms with Crippen LogP contribution in [0.4, 0.5) is 5.82 Å². The maximum Gasteiger partial charge on any atom is 0.226 e. The molecule has 178 valence electrons. The van der Waals surface area contributed by atoms with E-state index in [9.17, 15) is 5.11 Å². The van der Waals surface area contributed by atoms with E-state index < -0.39 is 24.2 Å². The van der Waals surface area contributed by atoms with Crippen LogP contribution in [0, 0.1) is 5.41 Å². The summed E-state index contributed by atoms with van der Waals surface area (Å²) in [5.41, 5.74) is 4.41.